The van der Waals surface area contributed by atoms with Crippen molar-refractivity contribution in [1.82, 2.24) is 19.8 Å². The number of carbonyl (C=O) groups is 1. The van der Waals surface area contributed by atoms with Gasteiger partial charge in [-0.25, -0.2) is 9.97 Å². The van der Waals surface area contributed by atoms with E-state index in [2.05, 4.69) is 33.7 Å². The molecule has 0 aromatic carbocycles. The minimum Gasteiger partial charge on any atom is -0.341 e. The highest BCUT2D eigenvalue weighted by Crippen LogP contribution is 2.32. The second kappa shape index (κ2) is 6.56. The summed E-state index contributed by atoms with van der Waals surface area (Å²) in [5.41, 5.74) is 0.704. The fraction of sp³-hybridized carbons (Fsp3) is 0.722. The average Bonchev–Trinajstić information content (AvgIpc) is 2.57. The number of likely N-dealkylation sites (N-methyl/N-ethyl adjacent to an activating group) is 1. The molecule has 1 unspecified atom stereocenters. The zero-order valence-corrected chi connectivity index (χ0v) is 14.6. The second-order valence-electron chi connectivity index (χ2n) is 7.28. The van der Waals surface area contributed by atoms with Gasteiger partial charge in [0.1, 0.15) is 5.82 Å². The van der Waals surface area contributed by atoms with Gasteiger partial charge in [-0.15, -0.1) is 0 Å². The van der Waals surface area contributed by atoms with Crippen LogP contribution in [0.4, 0.5) is 0 Å². The zero-order chi connectivity index (χ0) is 16.4. The number of rotatable bonds is 2. The van der Waals surface area contributed by atoms with Gasteiger partial charge in [0.2, 0.25) is 5.91 Å². The molecule has 2 saturated heterocycles. The normalized spacial score (nSPS) is 27.2. The minimum atomic E-state index is -0.315. The van der Waals surface area contributed by atoms with Gasteiger partial charge < -0.3 is 4.90 Å². The first-order chi connectivity index (χ1) is 11.0. The Bertz CT molecular complexity index is 568. The Labute approximate surface area is 139 Å². The van der Waals surface area contributed by atoms with Crippen molar-refractivity contribution in [2.45, 2.75) is 57.4 Å². The summed E-state index contributed by atoms with van der Waals surface area (Å²) in [7, 11) is 2.09. The molecule has 1 amide bonds. The highest BCUT2D eigenvalue weighted by molar-refractivity contribution is 5.86. The van der Waals surface area contributed by atoms with Crippen LogP contribution in [0, 0.1) is 6.92 Å². The molecule has 23 heavy (non-hydrogen) atoms. The minimum absolute atomic E-state index is 0.309. The molecule has 3 rings (SSSR count). The smallest absolute Gasteiger partial charge is 0.242 e. The molecule has 2 fully saturated rings. The van der Waals surface area contributed by atoms with Crippen LogP contribution in [-0.4, -0.2) is 57.9 Å². The van der Waals surface area contributed by atoms with E-state index in [4.69, 9.17) is 0 Å². The van der Waals surface area contributed by atoms with E-state index in [0.29, 0.717) is 11.8 Å². The van der Waals surface area contributed by atoms with E-state index in [1.807, 2.05) is 19.2 Å². The monoisotopic (exact) mass is 316 g/mol. The number of likely N-dealkylation sites (tertiary alicyclic amines) is 2. The first kappa shape index (κ1) is 16.4. The summed E-state index contributed by atoms with van der Waals surface area (Å²) in [5.74, 6) is 1.64. The lowest BCUT2D eigenvalue weighted by atomic mass is 9.86. The number of aryl methyl sites for hydroxylation is 1. The van der Waals surface area contributed by atoms with Gasteiger partial charge in [0.05, 0.1) is 5.54 Å². The van der Waals surface area contributed by atoms with Crippen molar-refractivity contribution >= 4 is 5.91 Å². The van der Waals surface area contributed by atoms with E-state index in [0.717, 1.165) is 56.8 Å². The molecule has 2 aliphatic heterocycles. The first-order valence-corrected chi connectivity index (χ1v) is 8.81. The number of aromatic nitrogens is 2. The van der Waals surface area contributed by atoms with Crippen LogP contribution in [0.3, 0.4) is 0 Å². The predicted octanol–water partition coefficient (Wildman–Crippen LogP) is 2.37. The third-order valence-corrected chi connectivity index (χ3v) is 5.67. The van der Waals surface area contributed by atoms with Crippen LogP contribution in [-0.2, 0) is 4.79 Å². The summed E-state index contributed by atoms with van der Waals surface area (Å²) in [6.45, 7) is 6.79. The van der Waals surface area contributed by atoms with Crippen LogP contribution >= 0.6 is 0 Å². The van der Waals surface area contributed by atoms with Crippen molar-refractivity contribution in [3.8, 4) is 0 Å². The topological polar surface area (TPSA) is 49.3 Å². The maximum atomic E-state index is 13.0. The fourth-order valence-electron chi connectivity index (χ4n) is 3.87. The van der Waals surface area contributed by atoms with Gasteiger partial charge in [-0.3, -0.25) is 9.69 Å². The van der Waals surface area contributed by atoms with Crippen molar-refractivity contribution < 1.29 is 4.79 Å². The van der Waals surface area contributed by atoms with Gasteiger partial charge in [-0.1, -0.05) is 0 Å². The van der Waals surface area contributed by atoms with Crippen LogP contribution in [0.1, 0.15) is 56.5 Å². The summed E-state index contributed by atoms with van der Waals surface area (Å²) in [6.07, 6.45) is 7.10. The van der Waals surface area contributed by atoms with Crippen LogP contribution in [0.25, 0.3) is 0 Å². The molecular weight excluding hydrogens is 288 g/mol. The third kappa shape index (κ3) is 3.25. The fourth-order valence-corrected chi connectivity index (χ4v) is 3.87. The summed E-state index contributed by atoms with van der Waals surface area (Å²) in [6, 6.07) is 1.93. The lowest BCUT2D eigenvalue weighted by Gasteiger charge is -2.45. The molecule has 0 radical (unpaired) electrons. The molecular formula is C18H28N4O. The first-order valence-electron chi connectivity index (χ1n) is 8.81. The summed E-state index contributed by atoms with van der Waals surface area (Å²) >= 11 is 0. The molecule has 0 spiro atoms. The van der Waals surface area contributed by atoms with Crippen molar-refractivity contribution in [2.24, 2.45) is 0 Å². The van der Waals surface area contributed by atoms with Gasteiger partial charge in [0.15, 0.2) is 0 Å². The molecule has 0 bridgehead atoms. The predicted molar refractivity (Wildman–Crippen MR) is 90.2 cm³/mol. The molecule has 5 nitrogen and oxygen atoms in total. The second-order valence-corrected chi connectivity index (χ2v) is 7.28. The van der Waals surface area contributed by atoms with Gasteiger partial charge >= 0.3 is 0 Å². The summed E-state index contributed by atoms with van der Waals surface area (Å²) in [4.78, 5) is 26.3. The molecule has 3 heterocycles. The molecule has 2 aliphatic rings. The largest absolute Gasteiger partial charge is 0.341 e. The molecule has 0 saturated carbocycles. The van der Waals surface area contributed by atoms with Gasteiger partial charge in [-0.05, 0) is 65.6 Å². The highest BCUT2D eigenvalue weighted by Gasteiger charge is 2.42. The molecule has 0 aliphatic carbocycles. The Morgan fingerprint density at radius 2 is 2.00 bits per heavy atom. The molecule has 1 aromatic rings. The van der Waals surface area contributed by atoms with Crippen LogP contribution in [0.2, 0.25) is 0 Å². The lowest BCUT2D eigenvalue weighted by molar-refractivity contribution is -0.146. The molecule has 126 valence electrons. The van der Waals surface area contributed by atoms with E-state index in [1.165, 1.54) is 6.42 Å². The van der Waals surface area contributed by atoms with Crippen LogP contribution in [0.5, 0.6) is 0 Å². The Kier molecular flexibility index (Phi) is 4.67. The van der Waals surface area contributed by atoms with E-state index < -0.39 is 0 Å². The van der Waals surface area contributed by atoms with E-state index in [1.54, 1.807) is 0 Å². The molecule has 5 heteroatoms. The number of hydrogen-bond acceptors (Lipinski definition) is 4. The number of carbonyl (C=O) groups excluding carboxylic acids is 1. The summed E-state index contributed by atoms with van der Waals surface area (Å²) < 4.78 is 0. The molecule has 1 aromatic heterocycles. The Morgan fingerprint density at radius 1 is 1.26 bits per heavy atom. The summed E-state index contributed by atoms with van der Waals surface area (Å²) in [5, 5.41) is 0. The maximum absolute atomic E-state index is 13.0. The van der Waals surface area contributed by atoms with Crippen molar-refractivity contribution in [1.29, 1.82) is 0 Å². The van der Waals surface area contributed by atoms with Crippen LogP contribution in [0.15, 0.2) is 12.3 Å². The van der Waals surface area contributed by atoms with E-state index in [9.17, 15) is 4.79 Å². The quantitative estimate of drug-likeness (QED) is 0.840. The lowest BCUT2D eigenvalue weighted by Crippen LogP contribution is -2.59. The van der Waals surface area contributed by atoms with Crippen molar-refractivity contribution in [2.75, 3.05) is 26.7 Å². The SMILES string of the molecule is Cc1ccnc(C2CCN(C(=O)C3(C)CCCCN3C)CC2)n1. The van der Waals surface area contributed by atoms with Crippen molar-refractivity contribution in [3.63, 3.8) is 0 Å². The Morgan fingerprint density at radius 3 is 2.65 bits per heavy atom. The van der Waals surface area contributed by atoms with Crippen molar-refractivity contribution in [3.05, 3.63) is 23.8 Å². The van der Waals surface area contributed by atoms with Crippen LogP contribution < -0.4 is 0 Å². The number of hydrogen-bond donors (Lipinski definition) is 0. The Balaban J connectivity index is 1.63. The average molecular weight is 316 g/mol. The van der Waals surface area contributed by atoms with Gasteiger partial charge in [-0.2, -0.15) is 0 Å². The maximum Gasteiger partial charge on any atom is 0.242 e. The standard InChI is InChI=1S/C18H28N4O/c1-14-6-10-19-16(20-14)15-7-12-22(13-8-15)17(23)18(2)9-4-5-11-21(18)3/h6,10,15H,4-5,7-9,11-13H2,1-3H3. The number of nitrogens with zero attached hydrogens (tertiary/aromatic N) is 4. The highest BCUT2D eigenvalue weighted by atomic mass is 16.2. The van der Waals surface area contributed by atoms with Gasteiger partial charge in [0, 0.05) is 30.9 Å². The number of amides is 1. The Hall–Kier alpha value is -1.49. The molecule has 0 N–H and O–H groups in total. The molecule has 1 atom stereocenters. The van der Waals surface area contributed by atoms with E-state index in [-0.39, 0.29) is 5.54 Å². The zero-order valence-electron chi connectivity index (χ0n) is 14.6. The van der Waals surface area contributed by atoms with Gasteiger partial charge in [0.25, 0.3) is 0 Å². The third-order valence-electron chi connectivity index (χ3n) is 5.67. The van der Waals surface area contributed by atoms with E-state index >= 15 is 0 Å². The number of piperidine rings is 2.